The smallest absolute Gasteiger partial charge is 0.246 e. The summed E-state index contributed by atoms with van der Waals surface area (Å²) in [5, 5.41) is 0. The Morgan fingerprint density at radius 2 is 1.91 bits per heavy atom. The summed E-state index contributed by atoms with van der Waals surface area (Å²) in [6, 6.07) is 12.8. The van der Waals surface area contributed by atoms with E-state index >= 15 is 0 Å². The lowest BCUT2D eigenvalue weighted by atomic mass is 10.1. The number of carbonyl (C=O) groups excluding carboxylic acids is 1. The van der Waals surface area contributed by atoms with Gasteiger partial charge in [-0.3, -0.25) is 4.79 Å². The molecular formula is C23H27N5O3S2. The van der Waals surface area contributed by atoms with Crippen molar-refractivity contribution in [3.63, 3.8) is 0 Å². The van der Waals surface area contributed by atoms with Crippen LogP contribution in [0.15, 0.2) is 47.4 Å². The number of amides is 1. The second-order valence-electron chi connectivity index (χ2n) is 8.83. The van der Waals surface area contributed by atoms with Crippen LogP contribution in [0.4, 0.5) is 5.69 Å². The van der Waals surface area contributed by atoms with E-state index in [-0.39, 0.29) is 16.8 Å². The van der Waals surface area contributed by atoms with E-state index in [1.165, 1.54) is 9.87 Å². The Balaban J connectivity index is 1.35. The summed E-state index contributed by atoms with van der Waals surface area (Å²) in [6.45, 7) is 6.40. The highest BCUT2D eigenvalue weighted by atomic mass is 32.2. The summed E-state index contributed by atoms with van der Waals surface area (Å²) in [5.41, 5.74) is 3.30. The summed E-state index contributed by atoms with van der Waals surface area (Å²) in [6.07, 6.45) is 1.20. The molecule has 33 heavy (non-hydrogen) atoms. The molecule has 10 heteroatoms. The van der Waals surface area contributed by atoms with E-state index in [0.29, 0.717) is 43.5 Å². The van der Waals surface area contributed by atoms with Crippen LogP contribution in [0.3, 0.4) is 0 Å². The molecule has 8 nitrogen and oxygen atoms in total. The topological polar surface area (TPSA) is 86.7 Å². The second-order valence-corrected chi connectivity index (χ2v) is 11.2. The molecule has 1 amide bonds. The standard InChI is InChI=1S/C23H27N5O3S2/c1-16-6-3-7-18(14-16)27-13-12-26(15-17(27)2)23(29)20-9-5-11-28(20)33(30,31)21-10-4-8-19-22(21)25-32-24-19/h3-4,6-8,10,14,17,20H,5,9,11-13,15H2,1-2H3/t17-,20+/m0/s1. The molecule has 2 saturated heterocycles. The number of fused-ring (bicyclic) bond motifs is 1. The maximum absolute atomic E-state index is 13.6. The van der Waals surface area contributed by atoms with Crippen molar-refractivity contribution in [2.24, 2.45) is 0 Å². The van der Waals surface area contributed by atoms with E-state index in [0.717, 1.165) is 24.0 Å². The number of sulfonamides is 1. The minimum absolute atomic E-state index is 0.101. The van der Waals surface area contributed by atoms with Crippen LogP contribution in [0.5, 0.6) is 0 Å². The molecule has 2 atom stereocenters. The number of piperazine rings is 1. The van der Waals surface area contributed by atoms with Gasteiger partial charge in [-0.1, -0.05) is 18.2 Å². The molecule has 5 rings (SSSR count). The summed E-state index contributed by atoms with van der Waals surface area (Å²) < 4.78 is 36.9. The molecule has 2 aromatic carbocycles. The SMILES string of the molecule is Cc1cccc(N2CCN(C(=O)[C@H]3CCCN3S(=O)(=O)c3cccc4nsnc34)C[C@@H]2C)c1. The first kappa shape index (κ1) is 22.2. The Bertz CT molecular complexity index is 1290. The lowest BCUT2D eigenvalue weighted by Crippen LogP contribution is -2.57. The molecular weight excluding hydrogens is 458 g/mol. The second kappa shape index (κ2) is 8.66. The van der Waals surface area contributed by atoms with Gasteiger partial charge >= 0.3 is 0 Å². The average Bonchev–Trinajstić information content (AvgIpc) is 3.48. The van der Waals surface area contributed by atoms with E-state index in [1.54, 1.807) is 18.2 Å². The highest BCUT2D eigenvalue weighted by Crippen LogP contribution is 2.31. The maximum Gasteiger partial charge on any atom is 0.246 e. The van der Waals surface area contributed by atoms with Gasteiger partial charge in [0.1, 0.15) is 22.0 Å². The quantitative estimate of drug-likeness (QED) is 0.565. The van der Waals surface area contributed by atoms with Gasteiger partial charge in [0.25, 0.3) is 0 Å². The largest absolute Gasteiger partial charge is 0.365 e. The molecule has 0 unspecified atom stereocenters. The van der Waals surface area contributed by atoms with E-state index in [2.05, 4.69) is 51.8 Å². The Hall–Kier alpha value is -2.56. The molecule has 174 valence electrons. The van der Waals surface area contributed by atoms with Crippen LogP contribution in [0.2, 0.25) is 0 Å². The number of hydrogen-bond acceptors (Lipinski definition) is 7. The van der Waals surface area contributed by atoms with Gasteiger partial charge in [0.15, 0.2) is 0 Å². The van der Waals surface area contributed by atoms with Crippen LogP contribution in [-0.2, 0) is 14.8 Å². The molecule has 0 spiro atoms. The fraction of sp³-hybridized carbons (Fsp3) is 0.435. The fourth-order valence-corrected chi connectivity index (χ4v) is 7.35. The molecule has 2 aliphatic rings. The van der Waals surface area contributed by atoms with E-state index in [1.807, 2.05) is 4.90 Å². The van der Waals surface area contributed by atoms with Gasteiger partial charge in [-0.25, -0.2) is 8.42 Å². The number of aryl methyl sites for hydroxylation is 1. The van der Waals surface area contributed by atoms with Crippen LogP contribution < -0.4 is 4.90 Å². The zero-order valence-electron chi connectivity index (χ0n) is 18.7. The van der Waals surface area contributed by atoms with Gasteiger partial charge < -0.3 is 9.80 Å². The van der Waals surface area contributed by atoms with Gasteiger partial charge in [0, 0.05) is 37.9 Å². The molecule has 3 aromatic rings. The highest BCUT2D eigenvalue weighted by molar-refractivity contribution is 7.89. The molecule has 0 saturated carbocycles. The van der Waals surface area contributed by atoms with Crippen LogP contribution in [0.1, 0.15) is 25.3 Å². The fourth-order valence-electron chi connectivity index (χ4n) is 4.95. The number of hydrogen-bond donors (Lipinski definition) is 0. The number of aromatic nitrogens is 2. The van der Waals surface area contributed by atoms with Crippen molar-refractivity contribution in [3.8, 4) is 0 Å². The summed E-state index contributed by atoms with van der Waals surface area (Å²) in [7, 11) is -3.86. The number of anilines is 1. The maximum atomic E-state index is 13.6. The molecule has 0 bridgehead atoms. The normalized spacial score (nSPS) is 22.2. The monoisotopic (exact) mass is 485 g/mol. The van der Waals surface area contributed by atoms with Crippen molar-refractivity contribution in [1.29, 1.82) is 0 Å². The molecule has 2 fully saturated rings. The Kier molecular flexibility index (Phi) is 5.84. The van der Waals surface area contributed by atoms with Crippen LogP contribution in [-0.4, -0.2) is 70.5 Å². The molecule has 0 N–H and O–H groups in total. The summed E-state index contributed by atoms with van der Waals surface area (Å²) in [4.78, 5) is 17.8. The van der Waals surface area contributed by atoms with Gasteiger partial charge in [-0.15, -0.1) is 0 Å². The molecule has 2 aliphatic heterocycles. The van der Waals surface area contributed by atoms with Crippen LogP contribution in [0, 0.1) is 6.92 Å². The average molecular weight is 486 g/mol. The lowest BCUT2D eigenvalue weighted by molar-refractivity contribution is -0.135. The van der Waals surface area contributed by atoms with Crippen molar-refractivity contribution >= 4 is 44.4 Å². The van der Waals surface area contributed by atoms with Gasteiger partial charge in [0.2, 0.25) is 15.9 Å². The molecule has 0 radical (unpaired) electrons. The Morgan fingerprint density at radius 1 is 1.09 bits per heavy atom. The number of rotatable bonds is 4. The van der Waals surface area contributed by atoms with Gasteiger partial charge in [-0.2, -0.15) is 13.1 Å². The van der Waals surface area contributed by atoms with Crippen molar-refractivity contribution in [1.82, 2.24) is 18.0 Å². The first-order valence-electron chi connectivity index (χ1n) is 11.2. The van der Waals surface area contributed by atoms with Gasteiger partial charge in [-0.05, 0) is 56.5 Å². The van der Waals surface area contributed by atoms with Crippen molar-refractivity contribution in [2.75, 3.05) is 31.1 Å². The van der Waals surface area contributed by atoms with Crippen molar-refractivity contribution in [2.45, 2.75) is 43.7 Å². The molecule has 1 aromatic heterocycles. The molecule has 3 heterocycles. The van der Waals surface area contributed by atoms with E-state index < -0.39 is 16.1 Å². The van der Waals surface area contributed by atoms with Crippen LogP contribution >= 0.6 is 11.7 Å². The zero-order chi connectivity index (χ0) is 23.2. The minimum atomic E-state index is -3.86. The Labute approximate surface area is 198 Å². The lowest BCUT2D eigenvalue weighted by Gasteiger charge is -2.42. The third kappa shape index (κ3) is 4.00. The Morgan fingerprint density at radius 3 is 2.70 bits per heavy atom. The third-order valence-electron chi connectivity index (χ3n) is 6.60. The predicted molar refractivity (Wildman–Crippen MR) is 129 cm³/mol. The van der Waals surface area contributed by atoms with E-state index in [9.17, 15) is 13.2 Å². The minimum Gasteiger partial charge on any atom is -0.365 e. The highest BCUT2D eigenvalue weighted by Gasteiger charge is 2.43. The first-order valence-corrected chi connectivity index (χ1v) is 13.4. The number of carbonyl (C=O) groups is 1. The van der Waals surface area contributed by atoms with Gasteiger partial charge in [0.05, 0.1) is 11.7 Å². The number of nitrogens with zero attached hydrogens (tertiary/aromatic N) is 5. The molecule has 0 aliphatic carbocycles. The summed E-state index contributed by atoms with van der Waals surface area (Å²) >= 11 is 0.992. The third-order valence-corrected chi connectivity index (χ3v) is 9.08. The zero-order valence-corrected chi connectivity index (χ0v) is 20.3. The first-order chi connectivity index (χ1) is 15.9. The van der Waals surface area contributed by atoms with Crippen molar-refractivity contribution in [3.05, 3.63) is 48.0 Å². The summed E-state index contributed by atoms with van der Waals surface area (Å²) in [5.74, 6) is -0.101. The van der Waals surface area contributed by atoms with Crippen molar-refractivity contribution < 1.29 is 13.2 Å². The number of benzene rings is 2. The van der Waals surface area contributed by atoms with Crippen LogP contribution in [0.25, 0.3) is 11.0 Å². The predicted octanol–water partition coefficient (Wildman–Crippen LogP) is 2.89. The van der Waals surface area contributed by atoms with E-state index in [4.69, 9.17) is 0 Å².